The number of amides is 2. The third kappa shape index (κ3) is 4.10. The van der Waals surface area contributed by atoms with Crippen LogP contribution in [0.5, 0.6) is 0 Å². The summed E-state index contributed by atoms with van der Waals surface area (Å²) in [6.07, 6.45) is 0.780. The Labute approximate surface area is 147 Å². The summed E-state index contributed by atoms with van der Waals surface area (Å²) < 4.78 is 1.10. The first-order valence-corrected chi connectivity index (χ1v) is 8.50. The van der Waals surface area contributed by atoms with Crippen LogP contribution in [0.1, 0.15) is 21.8 Å². The van der Waals surface area contributed by atoms with E-state index in [9.17, 15) is 9.59 Å². The summed E-state index contributed by atoms with van der Waals surface area (Å²) in [6, 6.07) is 14.3. The van der Waals surface area contributed by atoms with Crippen LogP contribution in [-0.4, -0.2) is 16.8 Å². The Kier molecular flexibility index (Phi) is 5.08. The summed E-state index contributed by atoms with van der Waals surface area (Å²) in [5, 5.41) is 1.45. The van der Waals surface area contributed by atoms with Gasteiger partial charge in [0.25, 0.3) is 5.91 Å². The largest absolute Gasteiger partial charge is 0.273 e. The highest BCUT2D eigenvalue weighted by Gasteiger charge is 2.09. The second kappa shape index (κ2) is 7.42. The molecule has 5 nitrogen and oxygen atoms in total. The van der Waals surface area contributed by atoms with Crippen molar-refractivity contribution in [3.8, 4) is 0 Å². The monoisotopic (exact) mass is 359 g/mol. The first-order valence-electron chi connectivity index (χ1n) is 7.31. The highest BCUT2D eigenvalue weighted by atomic mass is 35.5. The van der Waals surface area contributed by atoms with Crippen molar-refractivity contribution in [3.05, 3.63) is 64.1 Å². The lowest BCUT2D eigenvalue weighted by molar-refractivity contribution is -0.121. The molecule has 2 aromatic carbocycles. The molecule has 3 rings (SSSR count). The van der Waals surface area contributed by atoms with E-state index >= 15 is 0 Å². The van der Waals surface area contributed by atoms with Crippen LogP contribution in [0.2, 0.25) is 5.02 Å². The molecular weight excluding hydrogens is 346 g/mol. The maximum atomic E-state index is 11.9. The quantitative estimate of drug-likeness (QED) is 0.702. The van der Waals surface area contributed by atoms with Gasteiger partial charge in [-0.05, 0) is 36.4 Å². The normalized spacial score (nSPS) is 10.5. The standard InChI is InChI=1S/C17H14ClN3O2S/c18-12-7-5-11(6-8-12)17(23)21-20-15(22)9-10-16-19-13-3-1-2-4-14(13)24-16/h1-8H,9-10H2,(H,20,22)(H,21,23). The highest BCUT2D eigenvalue weighted by molar-refractivity contribution is 7.18. The Balaban J connectivity index is 1.48. The molecule has 0 bridgehead atoms. The number of aromatic nitrogens is 1. The summed E-state index contributed by atoms with van der Waals surface area (Å²) in [4.78, 5) is 28.2. The van der Waals surface area contributed by atoms with E-state index in [4.69, 9.17) is 11.6 Å². The van der Waals surface area contributed by atoms with Crippen molar-refractivity contribution in [2.45, 2.75) is 12.8 Å². The van der Waals surface area contributed by atoms with E-state index in [-0.39, 0.29) is 18.2 Å². The van der Waals surface area contributed by atoms with Gasteiger partial charge in [0.1, 0.15) is 0 Å². The molecule has 2 N–H and O–H groups in total. The number of thiazole rings is 1. The van der Waals surface area contributed by atoms with Crippen LogP contribution in [0.25, 0.3) is 10.2 Å². The van der Waals surface area contributed by atoms with Crippen LogP contribution in [0, 0.1) is 0 Å². The predicted molar refractivity (Wildman–Crippen MR) is 95.0 cm³/mol. The number of hydrogen-bond acceptors (Lipinski definition) is 4. The molecule has 0 aliphatic rings. The third-order valence-electron chi connectivity index (χ3n) is 3.33. The summed E-state index contributed by atoms with van der Waals surface area (Å²) in [7, 11) is 0. The van der Waals surface area contributed by atoms with E-state index in [1.165, 1.54) is 0 Å². The molecular formula is C17H14ClN3O2S. The fourth-order valence-corrected chi connectivity index (χ4v) is 3.20. The van der Waals surface area contributed by atoms with Crippen molar-refractivity contribution in [1.29, 1.82) is 0 Å². The lowest BCUT2D eigenvalue weighted by Gasteiger charge is -2.06. The number of nitrogens with zero attached hydrogens (tertiary/aromatic N) is 1. The van der Waals surface area contributed by atoms with Gasteiger partial charge in [0.2, 0.25) is 5.91 Å². The molecule has 1 aromatic heterocycles. The number of hydrogen-bond donors (Lipinski definition) is 2. The summed E-state index contributed by atoms with van der Waals surface area (Å²) in [5.74, 6) is -0.656. The van der Waals surface area contributed by atoms with Crippen LogP contribution < -0.4 is 10.9 Å². The molecule has 0 atom stereocenters. The number of aryl methyl sites for hydroxylation is 1. The fraction of sp³-hybridized carbons (Fsp3) is 0.118. The number of para-hydroxylation sites is 1. The summed E-state index contributed by atoms with van der Waals surface area (Å²) in [5.41, 5.74) is 6.15. The molecule has 3 aromatic rings. The number of carbonyl (C=O) groups excluding carboxylic acids is 2. The van der Waals surface area contributed by atoms with E-state index in [0.717, 1.165) is 15.2 Å². The zero-order valence-electron chi connectivity index (χ0n) is 12.6. The molecule has 0 radical (unpaired) electrons. The maximum Gasteiger partial charge on any atom is 0.269 e. The average molecular weight is 360 g/mol. The van der Waals surface area contributed by atoms with Crippen molar-refractivity contribution >= 4 is 45.0 Å². The minimum Gasteiger partial charge on any atom is -0.273 e. The second-order valence-corrected chi connectivity index (χ2v) is 6.64. The van der Waals surface area contributed by atoms with E-state index in [1.807, 2.05) is 24.3 Å². The van der Waals surface area contributed by atoms with Crippen molar-refractivity contribution in [1.82, 2.24) is 15.8 Å². The van der Waals surface area contributed by atoms with Gasteiger partial charge < -0.3 is 0 Å². The molecule has 7 heteroatoms. The van der Waals surface area contributed by atoms with Crippen LogP contribution in [-0.2, 0) is 11.2 Å². The molecule has 0 aliphatic heterocycles. The first-order chi connectivity index (χ1) is 11.6. The van der Waals surface area contributed by atoms with Crippen molar-refractivity contribution in [2.75, 3.05) is 0 Å². The molecule has 122 valence electrons. The number of nitrogens with one attached hydrogen (secondary N) is 2. The fourth-order valence-electron chi connectivity index (χ4n) is 2.11. The van der Waals surface area contributed by atoms with Gasteiger partial charge in [0.05, 0.1) is 15.2 Å². The van der Waals surface area contributed by atoms with Gasteiger partial charge in [0, 0.05) is 23.4 Å². The molecule has 0 saturated heterocycles. The molecule has 0 aliphatic carbocycles. The number of benzene rings is 2. The molecule has 24 heavy (non-hydrogen) atoms. The van der Waals surface area contributed by atoms with Gasteiger partial charge in [-0.1, -0.05) is 23.7 Å². The van der Waals surface area contributed by atoms with Gasteiger partial charge in [-0.2, -0.15) is 0 Å². The SMILES string of the molecule is O=C(CCc1nc2ccccc2s1)NNC(=O)c1ccc(Cl)cc1. The number of rotatable bonds is 4. The topological polar surface area (TPSA) is 71.1 Å². The first kappa shape index (κ1) is 16.4. The molecule has 1 heterocycles. The molecule has 0 unspecified atom stereocenters. The Morgan fingerprint density at radius 1 is 1.04 bits per heavy atom. The van der Waals surface area contributed by atoms with Gasteiger partial charge in [-0.15, -0.1) is 11.3 Å². The zero-order valence-corrected chi connectivity index (χ0v) is 14.2. The Hall–Kier alpha value is -2.44. The number of fused-ring (bicyclic) bond motifs is 1. The second-order valence-electron chi connectivity index (χ2n) is 5.08. The third-order valence-corrected chi connectivity index (χ3v) is 4.67. The predicted octanol–water partition coefficient (Wildman–Crippen LogP) is 3.34. The minimum atomic E-state index is -0.389. The van der Waals surface area contributed by atoms with Crippen LogP contribution >= 0.6 is 22.9 Å². The summed E-state index contributed by atoms with van der Waals surface area (Å²) in [6.45, 7) is 0. The lowest BCUT2D eigenvalue weighted by Crippen LogP contribution is -2.41. The molecule has 0 saturated carbocycles. The molecule has 0 fully saturated rings. The van der Waals surface area contributed by atoms with Gasteiger partial charge >= 0.3 is 0 Å². The minimum absolute atomic E-state index is 0.251. The van der Waals surface area contributed by atoms with Crippen molar-refractivity contribution in [2.24, 2.45) is 0 Å². The average Bonchev–Trinajstić information content (AvgIpc) is 3.01. The van der Waals surface area contributed by atoms with E-state index in [1.54, 1.807) is 35.6 Å². The molecule has 2 amide bonds. The van der Waals surface area contributed by atoms with E-state index in [0.29, 0.717) is 17.0 Å². The Morgan fingerprint density at radius 2 is 1.79 bits per heavy atom. The smallest absolute Gasteiger partial charge is 0.269 e. The van der Waals surface area contributed by atoms with E-state index < -0.39 is 0 Å². The number of carbonyl (C=O) groups is 2. The molecule has 0 spiro atoms. The number of halogens is 1. The van der Waals surface area contributed by atoms with Crippen LogP contribution in [0.4, 0.5) is 0 Å². The summed E-state index contributed by atoms with van der Waals surface area (Å²) >= 11 is 7.34. The van der Waals surface area contributed by atoms with Crippen LogP contribution in [0.3, 0.4) is 0 Å². The van der Waals surface area contributed by atoms with Crippen molar-refractivity contribution < 1.29 is 9.59 Å². The number of hydrazine groups is 1. The van der Waals surface area contributed by atoms with Gasteiger partial charge in [-0.3, -0.25) is 20.4 Å². The Morgan fingerprint density at radius 3 is 2.54 bits per heavy atom. The maximum absolute atomic E-state index is 11.9. The lowest BCUT2D eigenvalue weighted by atomic mass is 10.2. The van der Waals surface area contributed by atoms with Gasteiger partial charge in [-0.25, -0.2) is 4.98 Å². The van der Waals surface area contributed by atoms with E-state index in [2.05, 4.69) is 15.8 Å². The van der Waals surface area contributed by atoms with Crippen LogP contribution in [0.15, 0.2) is 48.5 Å². The zero-order chi connectivity index (χ0) is 16.9. The van der Waals surface area contributed by atoms with Crippen molar-refractivity contribution in [3.63, 3.8) is 0 Å². The van der Waals surface area contributed by atoms with Gasteiger partial charge in [0.15, 0.2) is 0 Å². The Bertz CT molecular complexity index is 844. The highest BCUT2D eigenvalue weighted by Crippen LogP contribution is 2.22.